The summed E-state index contributed by atoms with van der Waals surface area (Å²) in [5.74, 6) is -0.338. The highest BCUT2D eigenvalue weighted by Gasteiger charge is 2.06. The highest BCUT2D eigenvalue weighted by atomic mass is 16.6. The lowest BCUT2D eigenvalue weighted by atomic mass is 10.1. The van der Waals surface area contributed by atoms with Crippen molar-refractivity contribution in [1.82, 2.24) is 0 Å². The topological polar surface area (TPSA) is 75.2 Å². The van der Waals surface area contributed by atoms with Gasteiger partial charge in [-0.05, 0) is 37.1 Å². The van der Waals surface area contributed by atoms with Crippen LogP contribution in [-0.2, 0) is 23.7 Å². The largest absolute Gasteiger partial charge is 0.460 e. The van der Waals surface area contributed by atoms with E-state index < -0.39 is 0 Å². The minimum atomic E-state index is -0.338. The number of carbonyl (C=O) groups is 1. The molecule has 0 aliphatic rings. The van der Waals surface area contributed by atoms with Crippen LogP contribution >= 0.6 is 0 Å². The standard InChI is InChI=1S/C32H57NO6/c1-3-5-7-8-9-10-11-12-13-14-15-21-35-22-23-36-24-25-37-26-27-38-28-29-39-32(34)30-16-18-31(19-17-30)33-20-6-4-2/h16-19,33H,3-15,20-29H2,1-2H3. The highest BCUT2D eigenvalue weighted by Crippen LogP contribution is 2.12. The molecule has 226 valence electrons. The average Bonchev–Trinajstić information content (AvgIpc) is 2.95. The van der Waals surface area contributed by atoms with Gasteiger partial charge in [-0.25, -0.2) is 4.79 Å². The molecule has 0 heterocycles. The van der Waals surface area contributed by atoms with Crippen LogP contribution in [-0.4, -0.2) is 72.0 Å². The minimum Gasteiger partial charge on any atom is -0.460 e. The van der Waals surface area contributed by atoms with Crippen molar-refractivity contribution in [2.24, 2.45) is 0 Å². The number of hydrogen-bond donors (Lipinski definition) is 1. The van der Waals surface area contributed by atoms with Crippen molar-refractivity contribution in [3.63, 3.8) is 0 Å². The average molecular weight is 552 g/mol. The normalized spacial score (nSPS) is 11.1. The van der Waals surface area contributed by atoms with Crippen LogP contribution in [0.2, 0.25) is 0 Å². The van der Waals surface area contributed by atoms with E-state index in [4.69, 9.17) is 23.7 Å². The molecule has 0 bridgehead atoms. The fourth-order valence-electron chi connectivity index (χ4n) is 4.04. The van der Waals surface area contributed by atoms with Gasteiger partial charge in [-0.15, -0.1) is 0 Å². The van der Waals surface area contributed by atoms with Crippen LogP contribution in [0.1, 0.15) is 108 Å². The molecule has 0 saturated carbocycles. The first-order valence-corrected chi connectivity index (χ1v) is 15.6. The van der Waals surface area contributed by atoms with Gasteiger partial charge in [0, 0.05) is 18.8 Å². The second kappa shape index (κ2) is 27.9. The van der Waals surface area contributed by atoms with Crippen molar-refractivity contribution in [1.29, 1.82) is 0 Å². The van der Waals surface area contributed by atoms with Gasteiger partial charge < -0.3 is 29.0 Å². The molecule has 0 atom stereocenters. The molecule has 0 aromatic heterocycles. The Bertz CT molecular complexity index is 655. The minimum absolute atomic E-state index is 0.220. The molecule has 1 aromatic carbocycles. The van der Waals surface area contributed by atoms with Gasteiger partial charge in [0.2, 0.25) is 0 Å². The Morgan fingerprint density at radius 1 is 0.538 bits per heavy atom. The third kappa shape index (κ3) is 22.8. The van der Waals surface area contributed by atoms with E-state index in [1.165, 1.54) is 64.2 Å². The quantitative estimate of drug-likeness (QED) is 0.0819. The maximum Gasteiger partial charge on any atom is 0.338 e. The lowest BCUT2D eigenvalue weighted by molar-refractivity contribution is -0.00913. The van der Waals surface area contributed by atoms with Gasteiger partial charge in [-0.1, -0.05) is 84.5 Å². The predicted octanol–water partition coefficient (Wildman–Crippen LogP) is 7.43. The van der Waals surface area contributed by atoms with Crippen LogP contribution in [0.25, 0.3) is 0 Å². The van der Waals surface area contributed by atoms with Crippen molar-refractivity contribution in [3.05, 3.63) is 29.8 Å². The number of hydrogen-bond acceptors (Lipinski definition) is 7. The van der Waals surface area contributed by atoms with Crippen LogP contribution < -0.4 is 5.32 Å². The SMILES string of the molecule is CCCCCCCCCCCCCOCCOCCOCCOCCOC(=O)c1ccc(NCCCC)cc1. The summed E-state index contributed by atoms with van der Waals surface area (Å²) >= 11 is 0. The van der Waals surface area contributed by atoms with Crippen molar-refractivity contribution in [3.8, 4) is 0 Å². The number of esters is 1. The van der Waals surface area contributed by atoms with Crippen molar-refractivity contribution >= 4 is 11.7 Å². The molecule has 7 heteroatoms. The maximum absolute atomic E-state index is 12.1. The molecule has 0 radical (unpaired) electrons. The molecule has 1 N–H and O–H groups in total. The van der Waals surface area contributed by atoms with Gasteiger partial charge in [0.25, 0.3) is 0 Å². The van der Waals surface area contributed by atoms with Gasteiger partial charge >= 0.3 is 5.97 Å². The van der Waals surface area contributed by atoms with E-state index in [9.17, 15) is 4.79 Å². The second-order valence-electron chi connectivity index (χ2n) is 9.98. The summed E-state index contributed by atoms with van der Waals surface area (Å²) in [7, 11) is 0. The molecule has 0 saturated heterocycles. The molecule has 0 amide bonds. The number of rotatable bonds is 29. The predicted molar refractivity (Wildman–Crippen MR) is 160 cm³/mol. The molecule has 0 unspecified atom stereocenters. The van der Waals surface area contributed by atoms with E-state index in [-0.39, 0.29) is 12.6 Å². The van der Waals surface area contributed by atoms with Crippen LogP contribution in [0.15, 0.2) is 24.3 Å². The van der Waals surface area contributed by atoms with Crippen LogP contribution in [0.4, 0.5) is 5.69 Å². The highest BCUT2D eigenvalue weighted by molar-refractivity contribution is 5.89. The summed E-state index contributed by atoms with van der Waals surface area (Å²) in [6, 6.07) is 7.35. The van der Waals surface area contributed by atoms with E-state index in [1.54, 1.807) is 12.1 Å². The Labute approximate surface area is 238 Å². The van der Waals surface area contributed by atoms with Gasteiger partial charge in [0.15, 0.2) is 0 Å². The molecular formula is C32H57NO6. The van der Waals surface area contributed by atoms with Gasteiger partial charge in [-0.3, -0.25) is 0 Å². The second-order valence-corrected chi connectivity index (χ2v) is 9.98. The first-order valence-electron chi connectivity index (χ1n) is 15.6. The van der Waals surface area contributed by atoms with Crippen molar-refractivity contribution < 1.29 is 28.5 Å². The molecule has 1 aromatic rings. The Balaban J connectivity index is 1.77. The van der Waals surface area contributed by atoms with Crippen LogP contribution in [0.3, 0.4) is 0 Å². The zero-order valence-corrected chi connectivity index (χ0v) is 25.0. The first-order chi connectivity index (χ1) is 19.3. The molecule has 7 nitrogen and oxygen atoms in total. The van der Waals surface area contributed by atoms with Gasteiger partial charge in [0.05, 0.1) is 51.8 Å². The number of anilines is 1. The Morgan fingerprint density at radius 3 is 1.49 bits per heavy atom. The van der Waals surface area contributed by atoms with Gasteiger partial charge in [0.1, 0.15) is 6.61 Å². The molecule has 0 aliphatic heterocycles. The Morgan fingerprint density at radius 2 is 0.974 bits per heavy atom. The van der Waals surface area contributed by atoms with E-state index in [0.717, 1.165) is 38.1 Å². The smallest absolute Gasteiger partial charge is 0.338 e. The fourth-order valence-corrected chi connectivity index (χ4v) is 4.04. The zero-order valence-electron chi connectivity index (χ0n) is 25.0. The lowest BCUT2D eigenvalue weighted by Gasteiger charge is -2.09. The third-order valence-corrected chi connectivity index (χ3v) is 6.45. The number of nitrogens with one attached hydrogen (secondary N) is 1. The number of carbonyl (C=O) groups excluding carboxylic acids is 1. The molecule has 0 spiro atoms. The number of benzene rings is 1. The third-order valence-electron chi connectivity index (χ3n) is 6.45. The zero-order chi connectivity index (χ0) is 28.1. The maximum atomic E-state index is 12.1. The summed E-state index contributed by atoms with van der Waals surface area (Å²) in [5, 5.41) is 3.33. The van der Waals surface area contributed by atoms with E-state index in [0.29, 0.717) is 51.8 Å². The van der Waals surface area contributed by atoms with Crippen LogP contribution in [0.5, 0.6) is 0 Å². The van der Waals surface area contributed by atoms with Crippen LogP contribution in [0, 0.1) is 0 Å². The summed E-state index contributed by atoms with van der Waals surface area (Å²) in [6.45, 7) is 10.0. The number of ether oxygens (including phenoxy) is 5. The summed E-state index contributed by atoms with van der Waals surface area (Å²) < 4.78 is 27.4. The lowest BCUT2D eigenvalue weighted by Crippen LogP contribution is -2.14. The molecule has 1 rings (SSSR count). The molecular weight excluding hydrogens is 494 g/mol. The first kappa shape index (κ1) is 35.4. The molecule has 39 heavy (non-hydrogen) atoms. The monoisotopic (exact) mass is 551 g/mol. The van der Waals surface area contributed by atoms with E-state index in [1.807, 2.05) is 12.1 Å². The summed E-state index contributed by atoms with van der Waals surface area (Å²) in [6.07, 6.45) is 17.1. The Kier molecular flexibility index (Phi) is 25.3. The van der Waals surface area contributed by atoms with E-state index in [2.05, 4.69) is 19.2 Å². The number of unbranched alkanes of at least 4 members (excludes halogenated alkanes) is 11. The summed E-state index contributed by atoms with van der Waals surface area (Å²) in [4.78, 5) is 12.1. The molecule has 0 aliphatic carbocycles. The summed E-state index contributed by atoms with van der Waals surface area (Å²) in [5.41, 5.74) is 1.55. The Hall–Kier alpha value is -1.67. The fraction of sp³-hybridized carbons (Fsp3) is 0.781. The van der Waals surface area contributed by atoms with Crippen molar-refractivity contribution in [2.75, 3.05) is 71.3 Å². The van der Waals surface area contributed by atoms with E-state index >= 15 is 0 Å². The van der Waals surface area contributed by atoms with Gasteiger partial charge in [-0.2, -0.15) is 0 Å². The molecule has 0 fully saturated rings. The van der Waals surface area contributed by atoms with Crippen molar-refractivity contribution in [2.45, 2.75) is 97.3 Å².